The Kier molecular flexibility index (Phi) is 3.41. The summed E-state index contributed by atoms with van der Waals surface area (Å²) in [5.74, 6) is -0.620. The number of primary amides is 1. The average Bonchev–Trinajstić information content (AvgIpc) is 2.20. The summed E-state index contributed by atoms with van der Waals surface area (Å²) < 4.78 is 10.3. The van der Waals surface area contributed by atoms with Crippen LogP contribution in [0.2, 0.25) is 0 Å². The molecular formula is C9H10BrNO4. The van der Waals surface area contributed by atoms with Gasteiger partial charge in [-0.05, 0) is 15.9 Å². The smallest absolute Gasteiger partial charge is 0.256 e. The first-order valence-corrected chi connectivity index (χ1v) is 4.75. The van der Waals surface area contributed by atoms with E-state index in [0.717, 1.165) is 0 Å². The van der Waals surface area contributed by atoms with E-state index in [1.54, 1.807) is 0 Å². The van der Waals surface area contributed by atoms with Crippen LogP contribution in [-0.2, 0) is 0 Å². The van der Waals surface area contributed by atoms with Crippen LogP contribution in [0.5, 0.6) is 17.2 Å². The van der Waals surface area contributed by atoms with Gasteiger partial charge in [-0.15, -0.1) is 0 Å². The SMILES string of the molecule is COc1cc(Br)c(O)c(C(N)=O)c1OC. The molecule has 0 bridgehead atoms. The van der Waals surface area contributed by atoms with Gasteiger partial charge in [0, 0.05) is 6.07 Å². The number of carbonyl (C=O) groups is 1. The number of nitrogens with two attached hydrogens (primary N) is 1. The predicted octanol–water partition coefficient (Wildman–Crippen LogP) is 1.27. The highest BCUT2D eigenvalue weighted by Crippen LogP contribution is 2.41. The molecule has 0 radical (unpaired) electrons. The van der Waals surface area contributed by atoms with Crippen LogP contribution in [0, 0.1) is 0 Å². The molecule has 0 saturated heterocycles. The maximum absolute atomic E-state index is 11.1. The Morgan fingerprint density at radius 3 is 2.47 bits per heavy atom. The van der Waals surface area contributed by atoms with Gasteiger partial charge in [0.15, 0.2) is 11.5 Å². The number of halogens is 1. The third-order valence-electron chi connectivity index (χ3n) is 1.84. The number of ether oxygens (including phenoxy) is 2. The number of methoxy groups -OCH3 is 2. The van der Waals surface area contributed by atoms with E-state index in [1.165, 1.54) is 20.3 Å². The fourth-order valence-electron chi connectivity index (χ4n) is 1.18. The van der Waals surface area contributed by atoms with Gasteiger partial charge in [0.1, 0.15) is 11.3 Å². The minimum atomic E-state index is -0.788. The fraction of sp³-hybridized carbons (Fsp3) is 0.222. The number of hydrogen-bond acceptors (Lipinski definition) is 4. The molecule has 5 nitrogen and oxygen atoms in total. The van der Waals surface area contributed by atoms with Gasteiger partial charge in [-0.1, -0.05) is 0 Å². The zero-order chi connectivity index (χ0) is 11.6. The summed E-state index contributed by atoms with van der Waals surface area (Å²) in [4.78, 5) is 11.1. The number of amides is 1. The standard InChI is InChI=1S/C9H10BrNO4/c1-14-5-3-4(10)7(12)6(9(11)13)8(5)15-2/h3,12H,1-2H3,(H2,11,13). The summed E-state index contributed by atoms with van der Waals surface area (Å²) in [6.45, 7) is 0. The summed E-state index contributed by atoms with van der Waals surface area (Å²) in [5, 5.41) is 9.62. The van der Waals surface area contributed by atoms with Crippen LogP contribution in [-0.4, -0.2) is 25.2 Å². The lowest BCUT2D eigenvalue weighted by Crippen LogP contribution is -2.13. The molecule has 0 aliphatic rings. The van der Waals surface area contributed by atoms with Crippen molar-refractivity contribution in [3.05, 3.63) is 16.1 Å². The van der Waals surface area contributed by atoms with Crippen LogP contribution in [0.3, 0.4) is 0 Å². The molecule has 0 heterocycles. The van der Waals surface area contributed by atoms with Crippen molar-refractivity contribution in [1.29, 1.82) is 0 Å². The topological polar surface area (TPSA) is 81.8 Å². The molecule has 0 aliphatic heterocycles. The van der Waals surface area contributed by atoms with Gasteiger partial charge in [0.2, 0.25) is 0 Å². The summed E-state index contributed by atoms with van der Waals surface area (Å²) in [7, 11) is 2.78. The lowest BCUT2D eigenvalue weighted by atomic mass is 10.1. The van der Waals surface area contributed by atoms with Crippen LogP contribution in [0.25, 0.3) is 0 Å². The Balaban J connectivity index is 3.56. The molecule has 0 saturated carbocycles. The van der Waals surface area contributed by atoms with Crippen LogP contribution in [0.4, 0.5) is 0 Å². The Labute approximate surface area is 94.9 Å². The molecule has 6 heteroatoms. The molecular weight excluding hydrogens is 266 g/mol. The van der Waals surface area contributed by atoms with Gasteiger partial charge in [-0.3, -0.25) is 4.79 Å². The van der Waals surface area contributed by atoms with Crippen molar-refractivity contribution in [1.82, 2.24) is 0 Å². The highest BCUT2D eigenvalue weighted by Gasteiger charge is 2.22. The average molecular weight is 276 g/mol. The molecule has 0 unspecified atom stereocenters. The Morgan fingerprint density at radius 1 is 1.47 bits per heavy atom. The Hall–Kier alpha value is -1.43. The van der Waals surface area contributed by atoms with E-state index in [4.69, 9.17) is 15.2 Å². The van der Waals surface area contributed by atoms with E-state index >= 15 is 0 Å². The van der Waals surface area contributed by atoms with Gasteiger partial charge in [-0.2, -0.15) is 0 Å². The molecule has 0 spiro atoms. The molecule has 82 valence electrons. The minimum Gasteiger partial charge on any atom is -0.506 e. The second-order valence-corrected chi connectivity index (χ2v) is 3.54. The zero-order valence-electron chi connectivity index (χ0n) is 8.20. The lowest BCUT2D eigenvalue weighted by Gasteiger charge is -2.13. The van der Waals surface area contributed by atoms with Crippen LogP contribution in [0.15, 0.2) is 10.5 Å². The molecule has 1 rings (SSSR count). The molecule has 0 fully saturated rings. The van der Waals surface area contributed by atoms with E-state index < -0.39 is 5.91 Å². The third-order valence-corrected chi connectivity index (χ3v) is 2.45. The number of phenols is 1. The first-order valence-electron chi connectivity index (χ1n) is 3.96. The number of benzene rings is 1. The number of aromatic hydroxyl groups is 1. The maximum atomic E-state index is 11.1. The zero-order valence-corrected chi connectivity index (χ0v) is 9.79. The van der Waals surface area contributed by atoms with Gasteiger partial charge < -0.3 is 20.3 Å². The van der Waals surface area contributed by atoms with Crippen molar-refractivity contribution >= 4 is 21.8 Å². The summed E-state index contributed by atoms with van der Waals surface area (Å²) in [6.07, 6.45) is 0. The van der Waals surface area contributed by atoms with Gasteiger partial charge >= 0.3 is 0 Å². The van der Waals surface area contributed by atoms with Gasteiger partial charge in [0.05, 0.1) is 18.7 Å². The molecule has 3 N–H and O–H groups in total. The Bertz CT molecular complexity index is 406. The Morgan fingerprint density at radius 2 is 2.07 bits per heavy atom. The van der Waals surface area contributed by atoms with Crippen molar-refractivity contribution in [2.24, 2.45) is 5.73 Å². The lowest BCUT2D eigenvalue weighted by molar-refractivity contribution is 0.0994. The minimum absolute atomic E-state index is 0.108. The molecule has 1 aromatic carbocycles. The van der Waals surface area contributed by atoms with Crippen LogP contribution in [0.1, 0.15) is 10.4 Å². The van der Waals surface area contributed by atoms with E-state index in [9.17, 15) is 9.90 Å². The third kappa shape index (κ3) is 1.99. The number of hydrogen-bond donors (Lipinski definition) is 2. The summed E-state index contributed by atoms with van der Waals surface area (Å²) in [6, 6.07) is 1.49. The largest absolute Gasteiger partial charge is 0.506 e. The second-order valence-electron chi connectivity index (χ2n) is 2.68. The second kappa shape index (κ2) is 4.39. The maximum Gasteiger partial charge on any atom is 0.256 e. The number of rotatable bonds is 3. The molecule has 15 heavy (non-hydrogen) atoms. The first kappa shape index (κ1) is 11.6. The highest BCUT2D eigenvalue weighted by molar-refractivity contribution is 9.10. The van der Waals surface area contributed by atoms with Gasteiger partial charge in [-0.25, -0.2) is 0 Å². The number of carbonyl (C=O) groups excluding carboxylic acids is 1. The molecule has 0 aromatic heterocycles. The fourth-order valence-corrected chi connectivity index (χ4v) is 1.59. The molecule has 0 aliphatic carbocycles. The van der Waals surface area contributed by atoms with E-state index in [2.05, 4.69) is 15.9 Å². The van der Waals surface area contributed by atoms with Crippen molar-refractivity contribution < 1.29 is 19.4 Å². The first-order chi connectivity index (χ1) is 7.02. The van der Waals surface area contributed by atoms with Crippen molar-refractivity contribution in [3.63, 3.8) is 0 Å². The highest BCUT2D eigenvalue weighted by atomic mass is 79.9. The molecule has 1 aromatic rings. The molecule has 0 atom stereocenters. The summed E-state index contributed by atoms with van der Waals surface area (Å²) >= 11 is 3.08. The van der Waals surface area contributed by atoms with Crippen molar-refractivity contribution in [2.45, 2.75) is 0 Å². The van der Waals surface area contributed by atoms with Crippen LogP contribution < -0.4 is 15.2 Å². The van der Waals surface area contributed by atoms with Crippen LogP contribution >= 0.6 is 15.9 Å². The van der Waals surface area contributed by atoms with E-state index in [0.29, 0.717) is 10.2 Å². The predicted molar refractivity (Wildman–Crippen MR) is 57.4 cm³/mol. The van der Waals surface area contributed by atoms with Gasteiger partial charge in [0.25, 0.3) is 5.91 Å². The molecule has 1 amide bonds. The van der Waals surface area contributed by atoms with Crippen molar-refractivity contribution in [3.8, 4) is 17.2 Å². The monoisotopic (exact) mass is 275 g/mol. The quantitative estimate of drug-likeness (QED) is 0.871. The normalized spacial score (nSPS) is 9.80. The van der Waals surface area contributed by atoms with E-state index in [-0.39, 0.29) is 17.1 Å². The summed E-state index contributed by atoms with van der Waals surface area (Å²) in [5.41, 5.74) is 5.02. The van der Waals surface area contributed by atoms with E-state index in [1.807, 2.05) is 0 Å². The van der Waals surface area contributed by atoms with Crippen molar-refractivity contribution in [2.75, 3.05) is 14.2 Å².